The van der Waals surface area contributed by atoms with Gasteiger partial charge in [-0.3, -0.25) is 0 Å². The second kappa shape index (κ2) is 4.40. The number of benzene rings is 1. The van der Waals surface area contributed by atoms with Crippen molar-refractivity contribution in [2.24, 2.45) is 0 Å². The molecule has 1 aromatic rings. The van der Waals surface area contributed by atoms with Gasteiger partial charge in [0.2, 0.25) is 0 Å². The van der Waals surface area contributed by atoms with Crippen molar-refractivity contribution in [2.75, 3.05) is 7.11 Å². The second-order valence-electron chi connectivity index (χ2n) is 2.75. The van der Waals surface area contributed by atoms with Crippen LogP contribution in [0.25, 0.3) is 0 Å². The summed E-state index contributed by atoms with van der Waals surface area (Å²) in [7, 11) is 1.53. The maximum absolute atomic E-state index is 8.75. The minimum Gasteiger partial charge on any atom is -0.362 e. The van der Waals surface area contributed by atoms with Crippen LogP contribution in [0.15, 0.2) is 22.7 Å². The molecule has 1 unspecified atom stereocenters. The van der Waals surface area contributed by atoms with Crippen LogP contribution in [0.3, 0.4) is 0 Å². The third-order valence-electron chi connectivity index (χ3n) is 1.85. The minimum atomic E-state index is -0.475. The van der Waals surface area contributed by atoms with Crippen LogP contribution >= 0.6 is 15.9 Å². The molecule has 1 atom stereocenters. The summed E-state index contributed by atoms with van der Waals surface area (Å²) < 4.78 is 6.00. The molecule has 0 saturated carbocycles. The van der Waals surface area contributed by atoms with Gasteiger partial charge in [-0.2, -0.15) is 5.26 Å². The summed E-state index contributed by atoms with van der Waals surface area (Å²) in [5, 5.41) is 8.75. The Morgan fingerprint density at radius 1 is 1.54 bits per heavy atom. The molecular weight excluding hydrogens is 230 g/mol. The Balaban J connectivity index is 3.04. The Hall–Kier alpha value is -0.850. The van der Waals surface area contributed by atoms with Crippen LogP contribution in [0.5, 0.6) is 0 Å². The Labute approximate surface area is 86.3 Å². The fraction of sp³-hybridized carbons (Fsp3) is 0.300. The van der Waals surface area contributed by atoms with E-state index >= 15 is 0 Å². The fourth-order valence-electron chi connectivity index (χ4n) is 1.04. The van der Waals surface area contributed by atoms with Gasteiger partial charge in [0.1, 0.15) is 0 Å². The predicted octanol–water partition coefficient (Wildman–Crippen LogP) is 2.97. The third kappa shape index (κ3) is 2.30. The van der Waals surface area contributed by atoms with Crippen LogP contribution in [0, 0.1) is 18.3 Å². The van der Waals surface area contributed by atoms with E-state index in [1.54, 1.807) is 0 Å². The molecule has 0 aliphatic rings. The molecule has 0 spiro atoms. The highest BCUT2D eigenvalue weighted by Gasteiger charge is 2.09. The number of aryl methyl sites for hydroxylation is 1. The lowest BCUT2D eigenvalue weighted by Crippen LogP contribution is -1.97. The number of halogens is 1. The Bertz CT molecular complexity index is 343. The van der Waals surface area contributed by atoms with Crippen LogP contribution in [0.2, 0.25) is 0 Å². The van der Waals surface area contributed by atoms with Crippen molar-refractivity contribution in [3.8, 4) is 6.07 Å². The maximum atomic E-state index is 8.75. The number of nitriles is 1. The van der Waals surface area contributed by atoms with E-state index in [9.17, 15) is 0 Å². The van der Waals surface area contributed by atoms with E-state index in [1.165, 1.54) is 7.11 Å². The number of ether oxygens (including phenoxy) is 1. The molecular formula is C10H10BrNO. The first-order valence-corrected chi connectivity index (χ1v) is 4.66. The largest absolute Gasteiger partial charge is 0.362 e. The van der Waals surface area contributed by atoms with E-state index in [0.717, 1.165) is 15.6 Å². The van der Waals surface area contributed by atoms with E-state index in [1.807, 2.05) is 25.1 Å². The zero-order chi connectivity index (χ0) is 9.84. The van der Waals surface area contributed by atoms with E-state index in [4.69, 9.17) is 10.00 Å². The zero-order valence-electron chi connectivity index (χ0n) is 7.54. The topological polar surface area (TPSA) is 33.0 Å². The quantitative estimate of drug-likeness (QED) is 0.796. The molecule has 0 saturated heterocycles. The van der Waals surface area contributed by atoms with Gasteiger partial charge in [0.05, 0.1) is 6.07 Å². The first kappa shape index (κ1) is 10.2. The summed E-state index contributed by atoms with van der Waals surface area (Å²) in [6, 6.07) is 7.84. The molecule has 68 valence electrons. The zero-order valence-corrected chi connectivity index (χ0v) is 9.13. The SMILES string of the molecule is COC(C#N)c1ccc(C)c(Br)c1. The molecule has 2 nitrogen and oxygen atoms in total. The van der Waals surface area contributed by atoms with Crippen LogP contribution in [-0.4, -0.2) is 7.11 Å². The normalized spacial score (nSPS) is 12.2. The molecule has 0 amide bonds. The summed E-state index contributed by atoms with van der Waals surface area (Å²) in [6.07, 6.45) is -0.475. The van der Waals surface area contributed by atoms with Crippen LogP contribution in [-0.2, 0) is 4.74 Å². The molecule has 0 fully saturated rings. The van der Waals surface area contributed by atoms with Crippen molar-refractivity contribution in [1.29, 1.82) is 5.26 Å². The van der Waals surface area contributed by atoms with Gasteiger partial charge < -0.3 is 4.74 Å². The molecule has 0 aliphatic carbocycles. The van der Waals surface area contributed by atoms with E-state index in [0.29, 0.717) is 0 Å². The average molecular weight is 240 g/mol. The highest BCUT2D eigenvalue weighted by atomic mass is 79.9. The molecule has 0 aliphatic heterocycles. The molecule has 0 bridgehead atoms. The van der Waals surface area contributed by atoms with Crippen LogP contribution in [0.1, 0.15) is 17.2 Å². The number of nitrogens with zero attached hydrogens (tertiary/aromatic N) is 1. The molecule has 3 heteroatoms. The molecule has 1 aromatic carbocycles. The summed E-state index contributed by atoms with van der Waals surface area (Å²) >= 11 is 3.41. The smallest absolute Gasteiger partial charge is 0.168 e. The van der Waals surface area contributed by atoms with Crippen molar-refractivity contribution < 1.29 is 4.74 Å². The highest BCUT2D eigenvalue weighted by Crippen LogP contribution is 2.22. The van der Waals surface area contributed by atoms with Gasteiger partial charge in [-0.25, -0.2) is 0 Å². The van der Waals surface area contributed by atoms with Gasteiger partial charge in [0.25, 0.3) is 0 Å². The fourth-order valence-corrected chi connectivity index (χ4v) is 1.43. The van der Waals surface area contributed by atoms with Gasteiger partial charge >= 0.3 is 0 Å². The third-order valence-corrected chi connectivity index (χ3v) is 2.71. The first-order chi connectivity index (χ1) is 6.19. The monoisotopic (exact) mass is 239 g/mol. The van der Waals surface area contributed by atoms with Crippen molar-refractivity contribution in [2.45, 2.75) is 13.0 Å². The maximum Gasteiger partial charge on any atom is 0.168 e. The van der Waals surface area contributed by atoms with Crippen LogP contribution in [0.4, 0.5) is 0 Å². The van der Waals surface area contributed by atoms with Crippen molar-refractivity contribution in [1.82, 2.24) is 0 Å². The molecule has 0 N–H and O–H groups in total. The second-order valence-corrected chi connectivity index (χ2v) is 3.61. The first-order valence-electron chi connectivity index (χ1n) is 3.87. The molecule has 0 radical (unpaired) electrons. The number of methoxy groups -OCH3 is 1. The van der Waals surface area contributed by atoms with Gasteiger partial charge in [-0.05, 0) is 24.1 Å². The van der Waals surface area contributed by atoms with E-state index in [2.05, 4.69) is 22.0 Å². The summed E-state index contributed by atoms with van der Waals surface area (Å²) in [5.41, 5.74) is 2.03. The molecule has 0 aromatic heterocycles. The van der Waals surface area contributed by atoms with E-state index in [-0.39, 0.29) is 0 Å². The average Bonchev–Trinajstić information content (AvgIpc) is 2.13. The lowest BCUT2D eigenvalue weighted by atomic mass is 10.1. The summed E-state index contributed by atoms with van der Waals surface area (Å²) in [5.74, 6) is 0. The lowest BCUT2D eigenvalue weighted by molar-refractivity contribution is 0.148. The number of rotatable bonds is 2. The van der Waals surface area contributed by atoms with Gasteiger partial charge in [0, 0.05) is 11.6 Å². The van der Waals surface area contributed by atoms with Gasteiger partial charge in [-0.1, -0.05) is 28.1 Å². The number of hydrogen-bond donors (Lipinski definition) is 0. The molecule has 1 rings (SSSR count). The Morgan fingerprint density at radius 3 is 2.69 bits per heavy atom. The van der Waals surface area contributed by atoms with Crippen LogP contribution < -0.4 is 0 Å². The Kier molecular flexibility index (Phi) is 3.47. The predicted molar refractivity (Wildman–Crippen MR) is 54.2 cm³/mol. The molecule has 0 heterocycles. The minimum absolute atomic E-state index is 0.475. The summed E-state index contributed by atoms with van der Waals surface area (Å²) in [6.45, 7) is 2.00. The standard InChI is InChI=1S/C10H10BrNO/c1-7-3-4-8(5-9(7)11)10(6-12)13-2/h3-5,10H,1-2H3. The van der Waals surface area contributed by atoms with Crippen molar-refractivity contribution >= 4 is 15.9 Å². The lowest BCUT2D eigenvalue weighted by Gasteiger charge is -2.08. The van der Waals surface area contributed by atoms with Gasteiger partial charge in [-0.15, -0.1) is 0 Å². The summed E-state index contributed by atoms with van der Waals surface area (Å²) in [4.78, 5) is 0. The highest BCUT2D eigenvalue weighted by molar-refractivity contribution is 9.10. The van der Waals surface area contributed by atoms with Gasteiger partial charge in [0.15, 0.2) is 6.10 Å². The van der Waals surface area contributed by atoms with Crippen molar-refractivity contribution in [3.05, 3.63) is 33.8 Å². The van der Waals surface area contributed by atoms with Crippen molar-refractivity contribution in [3.63, 3.8) is 0 Å². The molecule has 13 heavy (non-hydrogen) atoms. The number of hydrogen-bond acceptors (Lipinski definition) is 2. The Morgan fingerprint density at radius 2 is 2.23 bits per heavy atom. The van der Waals surface area contributed by atoms with E-state index < -0.39 is 6.10 Å².